The average Bonchev–Trinajstić information content (AvgIpc) is 3.25. The van der Waals surface area contributed by atoms with Crippen molar-refractivity contribution in [1.82, 2.24) is 15.5 Å². The molecule has 6 heteroatoms. The summed E-state index contributed by atoms with van der Waals surface area (Å²) >= 11 is 2.07. The maximum atomic E-state index is 5.53. The molecule has 0 bridgehead atoms. The predicted octanol–water partition coefficient (Wildman–Crippen LogP) is 1.08. The molecule has 0 aromatic heterocycles. The molecule has 3 aliphatic rings. The zero-order valence-electron chi connectivity index (χ0n) is 13.5. The van der Waals surface area contributed by atoms with Gasteiger partial charge in [0.05, 0.1) is 13.2 Å². The number of hydrogen-bond donors (Lipinski definition) is 2. The largest absolute Gasteiger partial charge is 0.379 e. The fraction of sp³-hybridized carbons (Fsp3) is 0.812. The lowest BCUT2D eigenvalue weighted by Gasteiger charge is -2.43. The maximum absolute atomic E-state index is 5.53. The first kappa shape index (κ1) is 16.1. The molecule has 124 valence electrons. The van der Waals surface area contributed by atoms with E-state index >= 15 is 0 Å². The van der Waals surface area contributed by atoms with Crippen LogP contribution in [0.4, 0.5) is 0 Å². The van der Waals surface area contributed by atoms with Crippen LogP contribution in [0.25, 0.3) is 0 Å². The Morgan fingerprint density at radius 1 is 1.36 bits per heavy atom. The summed E-state index contributed by atoms with van der Waals surface area (Å²) in [5, 5.41) is 7.13. The van der Waals surface area contributed by atoms with Crippen LogP contribution < -0.4 is 10.6 Å². The van der Waals surface area contributed by atoms with E-state index in [9.17, 15) is 0 Å². The molecule has 0 aromatic rings. The molecule has 2 heterocycles. The quantitative estimate of drug-likeness (QED) is 0.460. The van der Waals surface area contributed by atoms with Crippen LogP contribution >= 0.6 is 11.8 Å². The number of nitrogens with zero attached hydrogens (tertiary/aromatic N) is 2. The third kappa shape index (κ3) is 3.78. The Labute approximate surface area is 137 Å². The summed E-state index contributed by atoms with van der Waals surface area (Å²) in [4.78, 5) is 7.04. The van der Waals surface area contributed by atoms with Gasteiger partial charge in [-0.2, -0.15) is 11.8 Å². The minimum Gasteiger partial charge on any atom is -0.379 e. The molecule has 2 fully saturated rings. The van der Waals surface area contributed by atoms with E-state index in [0.717, 1.165) is 51.6 Å². The third-order valence-electron chi connectivity index (χ3n) is 4.92. The lowest BCUT2D eigenvalue weighted by Crippen LogP contribution is -2.60. The molecule has 2 saturated heterocycles. The van der Waals surface area contributed by atoms with E-state index in [1.807, 2.05) is 7.05 Å². The average molecular weight is 324 g/mol. The molecule has 0 saturated carbocycles. The lowest BCUT2D eigenvalue weighted by molar-refractivity contribution is -0.0120. The minimum absolute atomic E-state index is 0.264. The van der Waals surface area contributed by atoms with E-state index in [1.54, 1.807) is 0 Å². The van der Waals surface area contributed by atoms with Gasteiger partial charge in [-0.1, -0.05) is 12.2 Å². The third-order valence-corrected chi connectivity index (χ3v) is 6.16. The van der Waals surface area contributed by atoms with Crippen molar-refractivity contribution in [2.24, 2.45) is 4.99 Å². The second-order valence-corrected chi connectivity index (χ2v) is 7.44. The van der Waals surface area contributed by atoms with Gasteiger partial charge in [0.15, 0.2) is 5.96 Å². The number of thioether (sulfide) groups is 1. The fourth-order valence-corrected chi connectivity index (χ4v) is 4.98. The van der Waals surface area contributed by atoms with Gasteiger partial charge in [-0.25, -0.2) is 0 Å². The fourth-order valence-electron chi connectivity index (χ4n) is 3.51. The smallest absolute Gasteiger partial charge is 0.191 e. The summed E-state index contributed by atoms with van der Waals surface area (Å²) in [6.45, 7) is 4.82. The first-order valence-electron chi connectivity index (χ1n) is 8.35. The first-order valence-corrected chi connectivity index (χ1v) is 9.51. The summed E-state index contributed by atoms with van der Waals surface area (Å²) in [6.07, 6.45) is 7.95. The number of ether oxygens (including phenoxy) is 1. The molecular formula is C16H28N4OS. The molecule has 2 N–H and O–H groups in total. The van der Waals surface area contributed by atoms with Crippen LogP contribution in [0.15, 0.2) is 17.1 Å². The molecule has 1 aliphatic carbocycles. The topological polar surface area (TPSA) is 48.9 Å². The lowest BCUT2D eigenvalue weighted by atomic mass is 9.95. The molecular weight excluding hydrogens is 296 g/mol. The van der Waals surface area contributed by atoms with Crippen molar-refractivity contribution < 1.29 is 4.74 Å². The van der Waals surface area contributed by atoms with Crippen molar-refractivity contribution in [1.29, 1.82) is 0 Å². The monoisotopic (exact) mass is 324 g/mol. The van der Waals surface area contributed by atoms with Crippen molar-refractivity contribution >= 4 is 17.7 Å². The number of rotatable bonds is 4. The van der Waals surface area contributed by atoms with Crippen molar-refractivity contribution in [2.45, 2.75) is 30.8 Å². The molecule has 3 rings (SSSR count). The van der Waals surface area contributed by atoms with E-state index in [4.69, 9.17) is 4.74 Å². The normalized spacial score (nSPS) is 30.9. The number of morpholine rings is 1. The van der Waals surface area contributed by atoms with E-state index in [1.165, 1.54) is 17.9 Å². The Hall–Kier alpha value is -0.720. The molecule has 2 aliphatic heterocycles. The zero-order chi connectivity index (χ0) is 15.3. The minimum atomic E-state index is 0.264. The Balaban J connectivity index is 1.56. The van der Waals surface area contributed by atoms with Gasteiger partial charge in [0.2, 0.25) is 0 Å². The predicted molar refractivity (Wildman–Crippen MR) is 93.7 cm³/mol. The Kier molecular flexibility index (Phi) is 5.66. The van der Waals surface area contributed by atoms with Crippen molar-refractivity contribution in [2.75, 3.05) is 51.4 Å². The van der Waals surface area contributed by atoms with Gasteiger partial charge in [-0.15, -0.1) is 0 Å². The van der Waals surface area contributed by atoms with Crippen molar-refractivity contribution in [3.63, 3.8) is 0 Å². The van der Waals surface area contributed by atoms with E-state index in [-0.39, 0.29) is 5.54 Å². The molecule has 0 radical (unpaired) electrons. The second-order valence-electron chi connectivity index (χ2n) is 6.34. The number of guanidine groups is 1. The highest BCUT2D eigenvalue weighted by Crippen LogP contribution is 2.33. The summed E-state index contributed by atoms with van der Waals surface area (Å²) in [6, 6.07) is 0.503. The highest BCUT2D eigenvalue weighted by atomic mass is 32.2. The highest BCUT2D eigenvalue weighted by Gasteiger charge is 2.40. The summed E-state index contributed by atoms with van der Waals surface area (Å²) in [7, 11) is 1.86. The van der Waals surface area contributed by atoms with Crippen LogP contribution in [-0.4, -0.2) is 73.8 Å². The van der Waals surface area contributed by atoms with Crippen molar-refractivity contribution in [3.05, 3.63) is 12.2 Å². The van der Waals surface area contributed by atoms with E-state index < -0.39 is 0 Å². The van der Waals surface area contributed by atoms with Crippen LogP contribution in [0.2, 0.25) is 0 Å². The molecule has 5 nitrogen and oxygen atoms in total. The molecule has 22 heavy (non-hydrogen) atoms. The van der Waals surface area contributed by atoms with Gasteiger partial charge in [-0.05, 0) is 25.0 Å². The van der Waals surface area contributed by atoms with Crippen LogP contribution in [0, 0.1) is 0 Å². The summed E-state index contributed by atoms with van der Waals surface area (Å²) in [5.74, 6) is 3.41. The van der Waals surface area contributed by atoms with Gasteiger partial charge < -0.3 is 15.4 Å². The molecule has 0 amide bonds. The van der Waals surface area contributed by atoms with Crippen LogP contribution in [0.1, 0.15) is 19.3 Å². The van der Waals surface area contributed by atoms with Crippen LogP contribution in [-0.2, 0) is 4.74 Å². The molecule has 1 unspecified atom stereocenters. The van der Waals surface area contributed by atoms with Gasteiger partial charge in [0, 0.05) is 44.0 Å². The van der Waals surface area contributed by atoms with E-state index in [0.29, 0.717) is 6.04 Å². The first-order chi connectivity index (χ1) is 10.8. The Bertz CT molecular complexity index is 406. The second kappa shape index (κ2) is 7.70. The zero-order valence-corrected chi connectivity index (χ0v) is 14.3. The number of nitrogens with one attached hydrogen (secondary N) is 2. The summed E-state index contributed by atoms with van der Waals surface area (Å²) < 4.78 is 5.53. The highest BCUT2D eigenvalue weighted by molar-refractivity contribution is 7.99. The standard InChI is InChI=1S/C16H28N4OS/c1-17-15(19-14-4-2-3-5-14)18-12-16(6-11-22-13-16)20-7-9-21-10-8-20/h2-3,14H,4-13H2,1H3,(H2,17,18,19). The summed E-state index contributed by atoms with van der Waals surface area (Å²) in [5.41, 5.74) is 0.264. The van der Waals surface area contributed by atoms with E-state index in [2.05, 4.69) is 44.4 Å². The number of aliphatic imine (C=N–C) groups is 1. The van der Waals surface area contributed by atoms with Gasteiger partial charge >= 0.3 is 0 Å². The molecule has 0 spiro atoms. The number of hydrogen-bond acceptors (Lipinski definition) is 4. The Morgan fingerprint density at radius 3 is 2.77 bits per heavy atom. The van der Waals surface area contributed by atoms with Crippen LogP contribution in [0.5, 0.6) is 0 Å². The van der Waals surface area contributed by atoms with Gasteiger partial charge in [0.1, 0.15) is 0 Å². The van der Waals surface area contributed by atoms with Gasteiger partial charge in [0.25, 0.3) is 0 Å². The molecule has 1 atom stereocenters. The molecule has 0 aromatic carbocycles. The maximum Gasteiger partial charge on any atom is 0.191 e. The van der Waals surface area contributed by atoms with Gasteiger partial charge in [-0.3, -0.25) is 9.89 Å². The van der Waals surface area contributed by atoms with Crippen LogP contribution in [0.3, 0.4) is 0 Å². The SMILES string of the molecule is CN=C(NCC1(N2CCOCC2)CCSC1)NC1CC=CC1. The Morgan fingerprint density at radius 2 is 2.14 bits per heavy atom. The van der Waals surface area contributed by atoms with Crippen molar-refractivity contribution in [3.8, 4) is 0 Å².